The zero-order valence-corrected chi connectivity index (χ0v) is 13.2. The van der Waals surface area contributed by atoms with E-state index in [2.05, 4.69) is 24.9 Å². The summed E-state index contributed by atoms with van der Waals surface area (Å²) in [5, 5.41) is 0. The molecule has 0 unspecified atom stereocenters. The van der Waals surface area contributed by atoms with Crippen LogP contribution in [0.3, 0.4) is 0 Å². The van der Waals surface area contributed by atoms with Gasteiger partial charge in [0.25, 0.3) is 0 Å². The lowest BCUT2D eigenvalue weighted by atomic mass is 9.86. The van der Waals surface area contributed by atoms with Crippen LogP contribution in [-0.4, -0.2) is 19.2 Å². The lowest BCUT2D eigenvalue weighted by molar-refractivity contribution is 0.244. The number of nitrogens with two attached hydrogens (primary N) is 1. The lowest BCUT2D eigenvalue weighted by Gasteiger charge is -2.36. The Balaban J connectivity index is 2.15. The van der Waals surface area contributed by atoms with E-state index in [0.29, 0.717) is 6.04 Å². The number of ether oxygens (including phenoxy) is 1. The molecule has 20 heavy (non-hydrogen) atoms. The van der Waals surface area contributed by atoms with Crippen LogP contribution in [0.15, 0.2) is 18.2 Å². The van der Waals surface area contributed by atoms with Gasteiger partial charge in [0.1, 0.15) is 5.75 Å². The van der Waals surface area contributed by atoms with E-state index in [0.717, 1.165) is 23.0 Å². The Kier molecular flexibility index (Phi) is 4.79. The predicted molar refractivity (Wildman–Crippen MR) is 86.4 cm³/mol. The highest BCUT2D eigenvalue weighted by molar-refractivity contribution is 5.74. The number of rotatable bonds is 4. The van der Waals surface area contributed by atoms with Crippen LogP contribution in [-0.2, 0) is 0 Å². The third-order valence-corrected chi connectivity index (χ3v) is 4.32. The van der Waals surface area contributed by atoms with Crippen molar-refractivity contribution in [2.75, 3.05) is 17.7 Å². The largest absolute Gasteiger partial charge is 0.489 e. The summed E-state index contributed by atoms with van der Waals surface area (Å²) in [6.45, 7) is 6.40. The van der Waals surface area contributed by atoms with E-state index in [1.54, 1.807) is 0 Å². The van der Waals surface area contributed by atoms with Crippen molar-refractivity contribution in [2.45, 2.75) is 58.6 Å². The van der Waals surface area contributed by atoms with Crippen LogP contribution in [0.1, 0.15) is 46.5 Å². The van der Waals surface area contributed by atoms with Crippen molar-refractivity contribution in [3.63, 3.8) is 0 Å². The first-order valence-corrected chi connectivity index (χ1v) is 7.77. The molecule has 112 valence electrons. The van der Waals surface area contributed by atoms with Gasteiger partial charge in [-0.3, -0.25) is 0 Å². The third-order valence-electron chi connectivity index (χ3n) is 4.32. The van der Waals surface area contributed by atoms with Gasteiger partial charge in [0.15, 0.2) is 0 Å². The van der Waals surface area contributed by atoms with Crippen LogP contribution >= 0.6 is 0 Å². The van der Waals surface area contributed by atoms with Crippen molar-refractivity contribution >= 4 is 11.4 Å². The molecule has 1 aromatic rings. The molecular formula is C17H28N2O. The van der Waals surface area contributed by atoms with Gasteiger partial charge >= 0.3 is 0 Å². The molecule has 2 N–H and O–H groups in total. The number of para-hydroxylation sites is 1. The van der Waals surface area contributed by atoms with Gasteiger partial charge in [0.2, 0.25) is 0 Å². The number of nitrogens with zero attached hydrogens (tertiary/aromatic N) is 1. The van der Waals surface area contributed by atoms with Crippen LogP contribution in [0.4, 0.5) is 11.4 Å². The summed E-state index contributed by atoms with van der Waals surface area (Å²) in [6.07, 6.45) is 5.29. The van der Waals surface area contributed by atoms with Crippen molar-refractivity contribution in [1.29, 1.82) is 0 Å². The second kappa shape index (κ2) is 6.38. The van der Waals surface area contributed by atoms with Crippen molar-refractivity contribution in [3.05, 3.63) is 18.2 Å². The maximum Gasteiger partial charge on any atom is 0.144 e. The molecule has 3 heteroatoms. The highest BCUT2D eigenvalue weighted by atomic mass is 16.5. The van der Waals surface area contributed by atoms with E-state index in [4.69, 9.17) is 10.5 Å². The Labute approximate surface area is 123 Å². The smallest absolute Gasteiger partial charge is 0.144 e. The van der Waals surface area contributed by atoms with E-state index in [9.17, 15) is 0 Å². The normalized spacial score (nSPS) is 22.9. The van der Waals surface area contributed by atoms with Crippen LogP contribution in [0.25, 0.3) is 0 Å². The molecule has 0 saturated heterocycles. The van der Waals surface area contributed by atoms with E-state index in [1.807, 2.05) is 26.0 Å². The topological polar surface area (TPSA) is 38.5 Å². The molecule has 0 heterocycles. The first-order valence-electron chi connectivity index (χ1n) is 7.77. The van der Waals surface area contributed by atoms with Crippen LogP contribution < -0.4 is 15.4 Å². The fourth-order valence-corrected chi connectivity index (χ4v) is 3.02. The summed E-state index contributed by atoms with van der Waals surface area (Å²) in [6, 6.07) is 6.68. The number of hydrogen-bond donors (Lipinski definition) is 1. The van der Waals surface area contributed by atoms with Gasteiger partial charge in [-0.05, 0) is 57.6 Å². The summed E-state index contributed by atoms with van der Waals surface area (Å²) in [4.78, 5) is 2.34. The number of hydrogen-bond acceptors (Lipinski definition) is 3. The van der Waals surface area contributed by atoms with E-state index in [1.165, 1.54) is 25.7 Å². The van der Waals surface area contributed by atoms with Crippen LogP contribution in [0.5, 0.6) is 5.75 Å². The van der Waals surface area contributed by atoms with E-state index in [-0.39, 0.29) is 6.10 Å². The molecule has 0 aliphatic heterocycles. The van der Waals surface area contributed by atoms with Crippen molar-refractivity contribution in [1.82, 2.24) is 0 Å². The average molecular weight is 276 g/mol. The fraction of sp³-hybridized carbons (Fsp3) is 0.647. The molecule has 3 nitrogen and oxygen atoms in total. The molecule has 0 spiro atoms. The van der Waals surface area contributed by atoms with Gasteiger partial charge in [0, 0.05) is 13.1 Å². The second-order valence-corrected chi connectivity index (χ2v) is 6.38. The molecule has 1 fully saturated rings. The first-order chi connectivity index (χ1) is 9.49. The fourth-order valence-electron chi connectivity index (χ4n) is 3.02. The monoisotopic (exact) mass is 276 g/mol. The molecule has 0 amide bonds. The predicted octanol–water partition coefficient (Wildman–Crippen LogP) is 4.07. The molecule has 1 aliphatic rings. The van der Waals surface area contributed by atoms with Gasteiger partial charge in [-0.15, -0.1) is 0 Å². The van der Waals surface area contributed by atoms with Crippen molar-refractivity contribution in [2.24, 2.45) is 5.92 Å². The molecule has 1 saturated carbocycles. The molecule has 0 bridgehead atoms. The molecule has 0 atom stereocenters. The van der Waals surface area contributed by atoms with Crippen LogP contribution in [0, 0.1) is 5.92 Å². The average Bonchev–Trinajstić information content (AvgIpc) is 2.41. The summed E-state index contributed by atoms with van der Waals surface area (Å²) >= 11 is 0. The molecule has 1 aliphatic carbocycles. The Hall–Kier alpha value is -1.38. The minimum absolute atomic E-state index is 0.147. The van der Waals surface area contributed by atoms with E-state index < -0.39 is 0 Å². The van der Waals surface area contributed by atoms with Crippen molar-refractivity contribution < 1.29 is 4.74 Å². The van der Waals surface area contributed by atoms with Crippen LogP contribution in [0.2, 0.25) is 0 Å². The summed E-state index contributed by atoms with van der Waals surface area (Å²) in [5.41, 5.74) is 8.17. The number of nitrogen functional groups attached to an aromatic ring is 1. The van der Waals surface area contributed by atoms with Gasteiger partial charge in [-0.25, -0.2) is 0 Å². The lowest BCUT2D eigenvalue weighted by Crippen LogP contribution is -2.35. The molecule has 0 aromatic heterocycles. The molecule has 2 rings (SSSR count). The molecule has 0 radical (unpaired) electrons. The Morgan fingerprint density at radius 1 is 1.20 bits per heavy atom. The number of benzene rings is 1. The maximum absolute atomic E-state index is 6.30. The zero-order chi connectivity index (χ0) is 14.7. The molecule has 1 aromatic carbocycles. The summed E-state index contributed by atoms with van der Waals surface area (Å²) < 4.78 is 5.79. The minimum atomic E-state index is 0.147. The Morgan fingerprint density at radius 3 is 2.45 bits per heavy atom. The zero-order valence-electron chi connectivity index (χ0n) is 13.2. The summed E-state index contributed by atoms with van der Waals surface area (Å²) in [7, 11) is 2.16. The highest BCUT2D eigenvalue weighted by Crippen LogP contribution is 2.36. The third kappa shape index (κ3) is 3.38. The van der Waals surface area contributed by atoms with Gasteiger partial charge in [-0.1, -0.05) is 13.0 Å². The van der Waals surface area contributed by atoms with Gasteiger partial charge in [-0.2, -0.15) is 0 Å². The standard InChI is InChI=1S/C17H28N2O/c1-12(2)20-16-7-5-6-15(17(16)18)19(4)14-10-8-13(3)9-11-14/h5-7,12-14H,8-11,18H2,1-4H3. The van der Waals surface area contributed by atoms with Gasteiger partial charge < -0.3 is 15.4 Å². The summed E-state index contributed by atoms with van der Waals surface area (Å²) in [5.74, 6) is 1.67. The highest BCUT2D eigenvalue weighted by Gasteiger charge is 2.23. The quantitative estimate of drug-likeness (QED) is 0.842. The SMILES string of the molecule is CC1CCC(N(C)c2cccc(OC(C)C)c2N)CC1. The minimum Gasteiger partial charge on any atom is -0.489 e. The van der Waals surface area contributed by atoms with E-state index >= 15 is 0 Å². The Morgan fingerprint density at radius 2 is 1.85 bits per heavy atom. The Bertz CT molecular complexity index is 437. The number of anilines is 2. The first kappa shape index (κ1) is 15.0. The van der Waals surface area contributed by atoms with Crippen molar-refractivity contribution in [3.8, 4) is 5.75 Å². The molecular weight excluding hydrogens is 248 g/mol. The van der Waals surface area contributed by atoms with Gasteiger partial charge in [0.05, 0.1) is 17.5 Å². The maximum atomic E-state index is 6.30. The second-order valence-electron chi connectivity index (χ2n) is 6.38.